The van der Waals surface area contributed by atoms with Crippen LogP contribution in [-0.4, -0.2) is 12.0 Å². The molecular formula is C15H21N3S. The van der Waals surface area contributed by atoms with Crippen LogP contribution < -0.4 is 10.6 Å². The first kappa shape index (κ1) is 13.9. The van der Waals surface area contributed by atoms with Crippen molar-refractivity contribution in [2.24, 2.45) is 0 Å². The topological polar surface area (TPSA) is 42.2 Å². The van der Waals surface area contributed by atoms with E-state index in [1.54, 1.807) is 11.3 Å². The van der Waals surface area contributed by atoms with Crippen LogP contribution in [0.3, 0.4) is 0 Å². The molecule has 2 N–H and O–H groups in total. The minimum absolute atomic E-state index is 0.110. The number of hydrogen-bond acceptors (Lipinski definition) is 4. The van der Waals surface area contributed by atoms with E-state index in [-0.39, 0.29) is 5.41 Å². The van der Waals surface area contributed by atoms with Crippen molar-refractivity contribution in [1.82, 2.24) is 4.98 Å². The van der Waals surface area contributed by atoms with E-state index in [2.05, 4.69) is 31.1 Å². The number of anilines is 2. The van der Waals surface area contributed by atoms with E-state index in [4.69, 9.17) is 10.7 Å². The molecule has 102 valence electrons. The lowest BCUT2D eigenvalue weighted by Gasteiger charge is -2.20. The Labute approximate surface area is 119 Å². The van der Waals surface area contributed by atoms with Gasteiger partial charge in [-0.2, -0.15) is 0 Å². The van der Waals surface area contributed by atoms with E-state index >= 15 is 0 Å². The van der Waals surface area contributed by atoms with Crippen LogP contribution >= 0.6 is 11.3 Å². The van der Waals surface area contributed by atoms with Gasteiger partial charge in [-0.3, -0.25) is 0 Å². The van der Waals surface area contributed by atoms with Gasteiger partial charge in [0.15, 0.2) is 0 Å². The molecule has 0 saturated heterocycles. The highest BCUT2D eigenvalue weighted by Crippen LogP contribution is 2.27. The molecular weight excluding hydrogens is 254 g/mol. The van der Waals surface area contributed by atoms with Crippen molar-refractivity contribution in [2.45, 2.75) is 32.7 Å². The van der Waals surface area contributed by atoms with E-state index in [1.807, 2.05) is 31.3 Å². The summed E-state index contributed by atoms with van der Waals surface area (Å²) < 4.78 is 0. The fraction of sp³-hybridized carbons (Fsp3) is 0.400. The first-order chi connectivity index (χ1) is 8.88. The van der Waals surface area contributed by atoms with Crippen molar-refractivity contribution in [3.05, 3.63) is 40.3 Å². The van der Waals surface area contributed by atoms with Gasteiger partial charge in [-0.15, -0.1) is 11.3 Å². The Morgan fingerprint density at radius 3 is 2.53 bits per heavy atom. The van der Waals surface area contributed by atoms with Gasteiger partial charge in [0.05, 0.1) is 23.6 Å². The summed E-state index contributed by atoms with van der Waals surface area (Å²) in [4.78, 5) is 6.85. The van der Waals surface area contributed by atoms with Crippen molar-refractivity contribution < 1.29 is 0 Å². The Bertz CT molecular complexity index is 555. The number of thiazole rings is 1. The molecule has 0 amide bonds. The Hall–Kier alpha value is -1.55. The predicted molar refractivity (Wildman–Crippen MR) is 83.8 cm³/mol. The summed E-state index contributed by atoms with van der Waals surface area (Å²) in [7, 11) is 2.05. The number of para-hydroxylation sites is 2. The molecule has 1 heterocycles. The molecule has 19 heavy (non-hydrogen) atoms. The zero-order chi connectivity index (χ0) is 14.0. The van der Waals surface area contributed by atoms with E-state index in [9.17, 15) is 0 Å². The van der Waals surface area contributed by atoms with Crippen LogP contribution in [0.2, 0.25) is 0 Å². The fourth-order valence-electron chi connectivity index (χ4n) is 1.85. The molecule has 2 aromatic rings. The third kappa shape index (κ3) is 3.26. The first-order valence-electron chi connectivity index (χ1n) is 6.38. The standard InChI is InChI=1S/C15H21N3S/c1-15(2,3)13-10-19-14(17-13)9-18(4)12-8-6-5-7-11(12)16/h5-8,10H,9,16H2,1-4H3. The molecule has 0 saturated carbocycles. The average Bonchev–Trinajstić information content (AvgIpc) is 2.77. The minimum atomic E-state index is 0.110. The third-order valence-corrected chi connectivity index (χ3v) is 3.87. The molecule has 0 radical (unpaired) electrons. The van der Waals surface area contributed by atoms with Crippen LogP contribution in [-0.2, 0) is 12.0 Å². The Morgan fingerprint density at radius 2 is 1.95 bits per heavy atom. The summed E-state index contributed by atoms with van der Waals surface area (Å²) >= 11 is 1.71. The lowest BCUT2D eigenvalue weighted by Crippen LogP contribution is -2.18. The third-order valence-electron chi connectivity index (χ3n) is 3.04. The summed E-state index contributed by atoms with van der Waals surface area (Å²) in [5.74, 6) is 0. The number of rotatable bonds is 3. The van der Waals surface area contributed by atoms with E-state index in [0.29, 0.717) is 0 Å². The van der Waals surface area contributed by atoms with Crippen molar-refractivity contribution >= 4 is 22.7 Å². The molecule has 0 aliphatic heterocycles. The molecule has 0 aliphatic rings. The van der Waals surface area contributed by atoms with Gasteiger partial charge in [-0.25, -0.2) is 4.98 Å². The number of nitrogens with two attached hydrogens (primary N) is 1. The maximum Gasteiger partial charge on any atom is 0.112 e. The van der Waals surface area contributed by atoms with Crippen LogP contribution in [0.5, 0.6) is 0 Å². The van der Waals surface area contributed by atoms with E-state index in [1.165, 1.54) is 0 Å². The van der Waals surface area contributed by atoms with Crippen LogP contribution in [0.25, 0.3) is 0 Å². The molecule has 2 rings (SSSR count). The van der Waals surface area contributed by atoms with Crippen LogP contribution in [0.1, 0.15) is 31.5 Å². The number of nitrogen functional groups attached to an aromatic ring is 1. The minimum Gasteiger partial charge on any atom is -0.397 e. The summed E-state index contributed by atoms with van der Waals surface area (Å²) in [6.45, 7) is 7.34. The zero-order valence-corrected chi connectivity index (χ0v) is 12.8. The quantitative estimate of drug-likeness (QED) is 0.869. The van der Waals surface area contributed by atoms with Crippen molar-refractivity contribution in [1.29, 1.82) is 0 Å². The van der Waals surface area contributed by atoms with Gasteiger partial charge in [-0.05, 0) is 12.1 Å². The molecule has 0 aliphatic carbocycles. The fourth-order valence-corrected chi connectivity index (χ4v) is 2.92. The maximum atomic E-state index is 5.99. The average molecular weight is 275 g/mol. The van der Waals surface area contributed by atoms with Gasteiger partial charge in [-0.1, -0.05) is 32.9 Å². The van der Waals surface area contributed by atoms with Gasteiger partial charge < -0.3 is 10.6 Å². The molecule has 0 bridgehead atoms. The summed E-state index contributed by atoms with van der Waals surface area (Å²) in [6, 6.07) is 7.92. The summed E-state index contributed by atoms with van der Waals surface area (Å²) in [5.41, 5.74) is 9.11. The predicted octanol–water partition coefficient (Wildman–Crippen LogP) is 3.66. The highest BCUT2D eigenvalue weighted by Gasteiger charge is 2.18. The second-order valence-corrected chi connectivity index (χ2v) is 6.73. The normalized spacial score (nSPS) is 11.6. The molecule has 0 atom stereocenters. The van der Waals surface area contributed by atoms with Crippen LogP contribution in [0.4, 0.5) is 11.4 Å². The van der Waals surface area contributed by atoms with Gasteiger partial charge >= 0.3 is 0 Å². The lowest BCUT2D eigenvalue weighted by atomic mass is 9.93. The molecule has 3 nitrogen and oxygen atoms in total. The highest BCUT2D eigenvalue weighted by atomic mass is 32.1. The molecule has 0 spiro atoms. The maximum absolute atomic E-state index is 5.99. The van der Waals surface area contributed by atoms with Gasteiger partial charge in [0.25, 0.3) is 0 Å². The van der Waals surface area contributed by atoms with E-state index in [0.717, 1.165) is 28.6 Å². The lowest BCUT2D eigenvalue weighted by molar-refractivity contribution is 0.570. The molecule has 1 aromatic carbocycles. The second-order valence-electron chi connectivity index (χ2n) is 5.79. The van der Waals surface area contributed by atoms with Gasteiger partial charge in [0, 0.05) is 17.8 Å². The Morgan fingerprint density at radius 1 is 1.26 bits per heavy atom. The van der Waals surface area contributed by atoms with Gasteiger partial charge in [0.1, 0.15) is 5.01 Å². The number of hydrogen-bond donors (Lipinski definition) is 1. The Balaban J connectivity index is 2.14. The zero-order valence-electron chi connectivity index (χ0n) is 12.0. The highest BCUT2D eigenvalue weighted by molar-refractivity contribution is 7.09. The van der Waals surface area contributed by atoms with Crippen molar-refractivity contribution in [3.8, 4) is 0 Å². The van der Waals surface area contributed by atoms with E-state index < -0.39 is 0 Å². The number of nitrogens with zero attached hydrogens (tertiary/aromatic N) is 2. The number of aromatic nitrogens is 1. The molecule has 0 fully saturated rings. The van der Waals surface area contributed by atoms with Crippen molar-refractivity contribution in [3.63, 3.8) is 0 Å². The largest absolute Gasteiger partial charge is 0.397 e. The molecule has 1 aromatic heterocycles. The second kappa shape index (κ2) is 5.21. The summed E-state index contributed by atoms with van der Waals surface area (Å²) in [5, 5.41) is 3.27. The smallest absolute Gasteiger partial charge is 0.112 e. The first-order valence-corrected chi connectivity index (χ1v) is 7.26. The SMILES string of the molecule is CN(Cc1nc(C(C)(C)C)cs1)c1ccccc1N. The van der Waals surface area contributed by atoms with Crippen molar-refractivity contribution in [2.75, 3.05) is 17.7 Å². The van der Waals surface area contributed by atoms with Crippen LogP contribution in [0, 0.1) is 0 Å². The summed E-state index contributed by atoms with van der Waals surface area (Å²) in [6.07, 6.45) is 0. The molecule has 4 heteroatoms. The Kier molecular flexibility index (Phi) is 3.80. The number of benzene rings is 1. The van der Waals surface area contributed by atoms with Crippen LogP contribution in [0.15, 0.2) is 29.6 Å². The molecule has 0 unspecified atom stereocenters. The monoisotopic (exact) mass is 275 g/mol. The van der Waals surface area contributed by atoms with Gasteiger partial charge in [0.2, 0.25) is 0 Å².